The second-order valence-corrected chi connectivity index (χ2v) is 7.51. The lowest BCUT2D eigenvalue weighted by Gasteiger charge is -2.31. The maximum absolute atomic E-state index is 12.8. The summed E-state index contributed by atoms with van der Waals surface area (Å²) in [5.74, 6) is 0.383. The molecule has 1 aliphatic heterocycles. The van der Waals surface area contributed by atoms with Gasteiger partial charge < -0.3 is 5.32 Å². The number of aromatic nitrogens is 2. The number of hydrogen-bond donors (Lipinski definition) is 1. The van der Waals surface area contributed by atoms with Crippen LogP contribution >= 0.6 is 0 Å². The van der Waals surface area contributed by atoms with Gasteiger partial charge in [-0.2, -0.15) is 9.40 Å². The molecule has 114 valence electrons. The SMILES string of the molecule is CC(C)N(CC1CCCNC1)S(=O)(=O)c1ccnn1C. The Kier molecular flexibility index (Phi) is 4.82. The van der Waals surface area contributed by atoms with Gasteiger partial charge in [0.15, 0.2) is 5.03 Å². The van der Waals surface area contributed by atoms with Crippen molar-refractivity contribution in [3.8, 4) is 0 Å². The quantitative estimate of drug-likeness (QED) is 0.874. The van der Waals surface area contributed by atoms with Crippen LogP contribution in [0.25, 0.3) is 0 Å². The van der Waals surface area contributed by atoms with E-state index in [-0.39, 0.29) is 11.1 Å². The fraction of sp³-hybridized carbons (Fsp3) is 0.769. The third-order valence-corrected chi connectivity index (χ3v) is 5.88. The molecule has 0 saturated carbocycles. The van der Waals surface area contributed by atoms with Crippen LogP contribution in [0, 0.1) is 5.92 Å². The van der Waals surface area contributed by atoms with Gasteiger partial charge in [0, 0.05) is 19.6 Å². The van der Waals surface area contributed by atoms with Crippen molar-refractivity contribution in [3.05, 3.63) is 12.3 Å². The van der Waals surface area contributed by atoms with E-state index in [2.05, 4.69) is 10.4 Å². The lowest BCUT2D eigenvalue weighted by Crippen LogP contribution is -2.44. The Hall–Kier alpha value is -0.920. The summed E-state index contributed by atoms with van der Waals surface area (Å²) in [4.78, 5) is 0. The molecule has 1 saturated heterocycles. The molecule has 20 heavy (non-hydrogen) atoms. The maximum atomic E-state index is 12.8. The summed E-state index contributed by atoms with van der Waals surface area (Å²) in [5.41, 5.74) is 0. The van der Waals surface area contributed by atoms with Crippen LogP contribution in [-0.4, -0.2) is 48.2 Å². The zero-order chi connectivity index (χ0) is 14.8. The highest BCUT2D eigenvalue weighted by atomic mass is 32.2. The van der Waals surface area contributed by atoms with Crippen LogP contribution in [0.2, 0.25) is 0 Å². The van der Waals surface area contributed by atoms with E-state index in [1.807, 2.05) is 13.8 Å². The van der Waals surface area contributed by atoms with E-state index in [1.165, 1.54) is 10.9 Å². The third kappa shape index (κ3) is 3.21. The van der Waals surface area contributed by atoms with Crippen LogP contribution in [0.3, 0.4) is 0 Å². The first-order chi connectivity index (χ1) is 9.43. The number of nitrogens with zero attached hydrogens (tertiary/aromatic N) is 3. The second kappa shape index (κ2) is 6.24. The molecule has 0 bridgehead atoms. The van der Waals surface area contributed by atoms with Gasteiger partial charge in [-0.15, -0.1) is 0 Å². The van der Waals surface area contributed by atoms with E-state index in [0.717, 1.165) is 25.9 Å². The minimum Gasteiger partial charge on any atom is -0.316 e. The van der Waals surface area contributed by atoms with E-state index in [9.17, 15) is 8.42 Å². The van der Waals surface area contributed by atoms with Crippen LogP contribution in [0.1, 0.15) is 26.7 Å². The molecule has 2 rings (SSSR count). The maximum Gasteiger partial charge on any atom is 0.260 e. The Morgan fingerprint density at radius 1 is 1.55 bits per heavy atom. The molecule has 0 amide bonds. The van der Waals surface area contributed by atoms with Crippen LogP contribution in [-0.2, 0) is 17.1 Å². The molecule has 1 aromatic heterocycles. The van der Waals surface area contributed by atoms with Gasteiger partial charge in [0.2, 0.25) is 0 Å². The molecule has 1 aromatic rings. The van der Waals surface area contributed by atoms with Crippen molar-refractivity contribution in [1.82, 2.24) is 19.4 Å². The number of piperidine rings is 1. The predicted octanol–water partition coefficient (Wildman–Crippen LogP) is 0.819. The molecule has 1 unspecified atom stereocenters. The number of nitrogens with one attached hydrogen (secondary N) is 1. The minimum absolute atomic E-state index is 0.0585. The van der Waals surface area contributed by atoms with Crippen LogP contribution in [0.4, 0.5) is 0 Å². The van der Waals surface area contributed by atoms with Gasteiger partial charge in [-0.25, -0.2) is 8.42 Å². The van der Waals surface area contributed by atoms with Crippen molar-refractivity contribution < 1.29 is 8.42 Å². The summed E-state index contributed by atoms with van der Waals surface area (Å²) in [6, 6.07) is 1.50. The van der Waals surface area contributed by atoms with Crippen molar-refractivity contribution in [2.75, 3.05) is 19.6 Å². The average molecular weight is 300 g/mol. The largest absolute Gasteiger partial charge is 0.316 e. The van der Waals surface area contributed by atoms with Gasteiger partial charge in [-0.1, -0.05) is 0 Å². The Morgan fingerprint density at radius 3 is 2.80 bits per heavy atom. The summed E-state index contributed by atoms with van der Waals surface area (Å²) in [7, 11) is -1.82. The van der Waals surface area contributed by atoms with E-state index >= 15 is 0 Å². The Balaban J connectivity index is 2.21. The van der Waals surface area contributed by atoms with Gasteiger partial charge in [0.05, 0.1) is 6.20 Å². The highest BCUT2D eigenvalue weighted by Gasteiger charge is 2.31. The van der Waals surface area contributed by atoms with E-state index in [0.29, 0.717) is 12.5 Å². The zero-order valence-electron chi connectivity index (χ0n) is 12.4. The summed E-state index contributed by atoms with van der Waals surface area (Å²) in [5, 5.41) is 7.57. The van der Waals surface area contributed by atoms with Gasteiger partial charge in [0.1, 0.15) is 0 Å². The van der Waals surface area contributed by atoms with Crippen molar-refractivity contribution >= 4 is 10.0 Å². The molecular formula is C13H24N4O2S. The standard InChI is InChI=1S/C13H24N4O2S/c1-11(2)17(10-12-5-4-7-14-9-12)20(18,19)13-6-8-15-16(13)3/h6,8,11-12,14H,4-5,7,9-10H2,1-3H3. The second-order valence-electron chi connectivity index (χ2n) is 5.67. The molecule has 7 heteroatoms. The highest BCUT2D eigenvalue weighted by molar-refractivity contribution is 7.89. The topological polar surface area (TPSA) is 67.2 Å². The summed E-state index contributed by atoms with van der Waals surface area (Å²) in [6.45, 7) is 6.34. The van der Waals surface area contributed by atoms with Crippen molar-refractivity contribution in [2.24, 2.45) is 13.0 Å². The number of aryl methyl sites for hydroxylation is 1. The summed E-state index contributed by atoms with van der Waals surface area (Å²) >= 11 is 0. The fourth-order valence-electron chi connectivity index (χ4n) is 2.66. The summed E-state index contributed by atoms with van der Waals surface area (Å²) in [6.07, 6.45) is 3.72. The van der Waals surface area contributed by atoms with Crippen molar-refractivity contribution in [3.63, 3.8) is 0 Å². The molecule has 0 aliphatic carbocycles. The molecule has 2 heterocycles. The Labute approximate surface area is 121 Å². The lowest BCUT2D eigenvalue weighted by atomic mass is 9.99. The first-order valence-electron chi connectivity index (χ1n) is 7.13. The number of hydrogen-bond acceptors (Lipinski definition) is 4. The van der Waals surface area contributed by atoms with E-state index in [1.54, 1.807) is 17.4 Å². The number of sulfonamides is 1. The van der Waals surface area contributed by atoms with Gasteiger partial charge in [-0.3, -0.25) is 4.68 Å². The van der Waals surface area contributed by atoms with E-state index in [4.69, 9.17) is 0 Å². The Morgan fingerprint density at radius 2 is 2.30 bits per heavy atom. The highest BCUT2D eigenvalue weighted by Crippen LogP contribution is 2.21. The molecule has 1 aliphatic rings. The minimum atomic E-state index is -3.48. The molecule has 0 radical (unpaired) electrons. The van der Waals surface area contributed by atoms with Crippen molar-refractivity contribution in [2.45, 2.75) is 37.8 Å². The van der Waals surface area contributed by atoms with Crippen LogP contribution < -0.4 is 5.32 Å². The molecule has 1 atom stereocenters. The monoisotopic (exact) mass is 300 g/mol. The first kappa shape index (κ1) is 15.5. The zero-order valence-corrected chi connectivity index (χ0v) is 13.2. The van der Waals surface area contributed by atoms with Crippen LogP contribution in [0.15, 0.2) is 17.3 Å². The first-order valence-corrected chi connectivity index (χ1v) is 8.57. The van der Waals surface area contributed by atoms with Gasteiger partial charge in [0.25, 0.3) is 10.0 Å². The third-order valence-electron chi connectivity index (χ3n) is 3.76. The van der Waals surface area contributed by atoms with E-state index < -0.39 is 10.0 Å². The molecule has 0 spiro atoms. The molecular weight excluding hydrogens is 276 g/mol. The number of rotatable bonds is 5. The van der Waals surface area contributed by atoms with Crippen molar-refractivity contribution in [1.29, 1.82) is 0 Å². The summed E-state index contributed by atoms with van der Waals surface area (Å²) < 4.78 is 28.6. The average Bonchev–Trinajstić information content (AvgIpc) is 2.83. The Bertz CT molecular complexity index is 532. The fourth-order valence-corrected chi connectivity index (χ4v) is 4.47. The predicted molar refractivity (Wildman–Crippen MR) is 77.8 cm³/mol. The normalized spacial score (nSPS) is 20.8. The molecule has 1 N–H and O–H groups in total. The smallest absolute Gasteiger partial charge is 0.260 e. The molecule has 1 fully saturated rings. The molecule has 6 nitrogen and oxygen atoms in total. The van der Waals surface area contributed by atoms with Gasteiger partial charge >= 0.3 is 0 Å². The van der Waals surface area contributed by atoms with Crippen LogP contribution in [0.5, 0.6) is 0 Å². The lowest BCUT2D eigenvalue weighted by molar-refractivity contribution is 0.262. The molecule has 0 aromatic carbocycles. The van der Waals surface area contributed by atoms with Gasteiger partial charge in [-0.05, 0) is 51.8 Å².